The predicted molar refractivity (Wildman–Crippen MR) is 71.6 cm³/mol. The van der Waals surface area contributed by atoms with Crippen molar-refractivity contribution in [3.63, 3.8) is 0 Å². The largest absolute Gasteiger partial charge is 0.300 e. The molecule has 90 valence electrons. The standard InChI is InChI=1S/C13H27NS/c1-10(2)13(9-15)8-14(11(3)4)7-12-5-6-12/h10-13,15H,5-9H2,1-4H3. The summed E-state index contributed by atoms with van der Waals surface area (Å²) in [5, 5.41) is 0. The predicted octanol–water partition coefficient (Wildman–Crippen LogP) is 3.31. The molecule has 0 aliphatic heterocycles. The van der Waals surface area contributed by atoms with Crippen LogP contribution in [0.1, 0.15) is 40.5 Å². The van der Waals surface area contributed by atoms with Crippen molar-refractivity contribution in [3.8, 4) is 0 Å². The molecule has 2 heteroatoms. The SMILES string of the molecule is CC(C)C(CS)CN(CC1CC1)C(C)C. The third-order valence-corrected chi connectivity index (χ3v) is 4.04. The number of thiol groups is 1. The molecule has 1 nitrogen and oxygen atoms in total. The number of hydrogen-bond donors (Lipinski definition) is 1. The Hall–Kier alpha value is 0.310. The van der Waals surface area contributed by atoms with Crippen LogP contribution in [0.4, 0.5) is 0 Å². The molecule has 1 atom stereocenters. The van der Waals surface area contributed by atoms with Gasteiger partial charge in [0.25, 0.3) is 0 Å². The van der Waals surface area contributed by atoms with Crippen LogP contribution in [0.3, 0.4) is 0 Å². The highest BCUT2D eigenvalue weighted by atomic mass is 32.1. The van der Waals surface area contributed by atoms with Crippen molar-refractivity contribution >= 4 is 12.6 Å². The Bertz CT molecular complexity index is 175. The van der Waals surface area contributed by atoms with E-state index < -0.39 is 0 Å². The van der Waals surface area contributed by atoms with Gasteiger partial charge in [-0.05, 0) is 50.2 Å². The maximum absolute atomic E-state index is 4.48. The van der Waals surface area contributed by atoms with Gasteiger partial charge in [0.05, 0.1) is 0 Å². The minimum absolute atomic E-state index is 0.687. The fraction of sp³-hybridized carbons (Fsp3) is 1.00. The fourth-order valence-corrected chi connectivity index (χ4v) is 2.45. The Balaban J connectivity index is 2.40. The lowest BCUT2D eigenvalue weighted by Gasteiger charge is -2.32. The van der Waals surface area contributed by atoms with Crippen LogP contribution in [0, 0.1) is 17.8 Å². The molecule has 0 heterocycles. The lowest BCUT2D eigenvalue weighted by atomic mass is 9.96. The quantitative estimate of drug-likeness (QED) is 0.656. The van der Waals surface area contributed by atoms with Crippen LogP contribution >= 0.6 is 12.6 Å². The van der Waals surface area contributed by atoms with Gasteiger partial charge in [0.1, 0.15) is 0 Å². The Morgan fingerprint density at radius 1 is 1.20 bits per heavy atom. The van der Waals surface area contributed by atoms with Crippen molar-refractivity contribution in [1.29, 1.82) is 0 Å². The zero-order valence-electron chi connectivity index (χ0n) is 10.7. The molecule has 15 heavy (non-hydrogen) atoms. The summed E-state index contributed by atoms with van der Waals surface area (Å²) < 4.78 is 0. The Morgan fingerprint density at radius 3 is 2.13 bits per heavy atom. The minimum Gasteiger partial charge on any atom is -0.300 e. The lowest BCUT2D eigenvalue weighted by Crippen LogP contribution is -2.38. The second kappa shape index (κ2) is 6.15. The van der Waals surface area contributed by atoms with Gasteiger partial charge < -0.3 is 4.90 Å². The monoisotopic (exact) mass is 229 g/mol. The molecule has 0 saturated heterocycles. The lowest BCUT2D eigenvalue weighted by molar-refractivity contribution is 0.168. The van der Waals surface area contributed by atoms with Gasteiger partial charge in [-0.3, -0.25) is 0 Å². The van der Waals surface area contributed by atoms with Crippen LogP contribution in [0.2, 0.25) is 0 Å². The van der Waals surface area contributed by atoms with E-state index in [4.69, 9.17) is 0 Å². The highest BCUT2D eigenvalue weighted by Crippen LogP contribution is 2.31. The van der Waals surface area contributed by atoms with E-state index in [0.29, 0.717) is 6.04 Å². The van der Waals surface area contributed by atoms with Crippen molar-refractivity contribution in [3.05, 3.63) is 0 Å². The molecular formula is C13H27NS. The Labute approximate surface area is 101 Å². The summed E-state index contributed by atoms with van der Waals surface area (Å²) in [6.45, 7) is 11.8. The summed E-state index contributed by atoms with van der Waals surface area (Å²) in [5.41, 5.74) is 0. The summed E-state index contributed by atoms with van der Waals surface area (Å²) in [4.78, 5) is 2.65. The topological polar surface area (TPSA) is 3.24 Å². The molecule has 0 aromatic carbocycles. The molecular weight excluding hydrogens is 202 g/mol. The van der Waals surface area contributed by atoms with Crippen LogP contribution in [0.15, 0.2) is 0 Å². The fourth-order valence-electron chi connectivity index (χ4n) is 1.91. The van der Waals surface area contributed by atoms with Crippen molar-refractivity contribution in [1.82, 2.24) is 4.90 Å². The molecule has 0 radical (unpaired) electrons. The molecule has 0 spiro atoms. The van der Waals surface area contributed by atoms with Crippen molar-refractivity contribution in [2.75, 3.05) is 18.8 Å². The van der Waals surface area contributed by atoms with Gasteiger partial charge >= 0.3 is 0 Å². The highest BCUT2D eigenvalue weighted by Gasteiger charge is 2.27. The molecule has 1 aliphatic rings. The zero-order valence-corrected chi connectivity index (χ0v) is 11.6. The third kappa shape index (κ3) is 4.78. The van der Waals surface area contributed by atoms with Crippen molar-refractivity contribution in [2.24, 2.45) is 17.8 Å². The van der Waals surface area contributed by atoms with Crippen LogP contribution in [-0.2, 0) is 0 Å². The minimum atomic E-state index is 0.687. The van der Waals surface area contributed by atoms with E-state index in [-0.39, 0.29) is 0 Å². The van der Waals surface area contributed by atoms with E-state index in [1.807, 2.05) is 0 Å². The second-order valence-electron chi connectivity index (χ2n) is 5.68. The summed E-state index contributed by atoms with van der Waals surface area (Å²) in [5.74, 6) is 3.52. The first-order chi connectivity index (χ1) is 7.04. The van der Waals surface area contributed by atoms with E-state index in [1.54, 1.807) is 0 Å². The summed E-state index contributed by atoms with van der Waals surface area (Å²) >= 11 is 4.48. The number of rotatable bonds is 7. The third-order valence-electron chi connectivity index (χ3n) is 3.57. The molecule has 1 aliphatic carbocycles. The van der Waals surface area contributed by atoms with Gasteiger partial charge in [0.2, 0.25) is 0 Å². The van der Waals surface area contributed by atoms with E-state index >= 15 is 0 Å². The van der Waals surface area contributed by atoms with E-state index in [0.717, 1.165) is 23.5 Å². The first-order valence-electron chi connectivity index (χ1n) is 6.39. The average molecular weight is 229 g/mol. The van der Waals surface area contributed by atoms with Crippen LogP contribution < -0.4 is 0 Å². The first-order valence-corrected chi connectivity index (χ1v) is 7.02. The summed E-state index contributed by atoms with van der Waals surface area (Å²) in [6.07, 6.45) is 2.91. The number of nitrogens with zero attached hydrogens (tertiary/aromatic N) is 1. The molecule has 0 aromatic heterocycles. The maximum Gasteiger partial charge on any atom is 0.00388 e. The molecule has 1 fully saturated rings. The van der Waals surface area contributed by atoms with Gasteiger partial charge in [-0.15, -0.1) is 0 Å². The van der Waals surface area contributed by atoms with Gasteiger partial charge in [0.15, 0.2) is 0 Å². The summed E-state index contributed by atoms with van der Waals surface area (Å²) in [6, 6.07) is 0.687. The molecule has 0 amide bonds. The smallest absolute Gasteiger partial charge is 0.00388 e. The first kappa shape index (κ1) is 13.4. The number of hydrogen-bond acceptors (Lipinski definition) is 2. The molecule has 0 bridgehead atoms. The van der Waals surface area contributed by atoms with Crippen molar-refractivity contribution in [2.45, 2.75) is 46.6 Å². The van der Waals surface area contributed by atoms with E-state index in [1.165, 1.54) is 25.9 Å². The van der Waals surface area contributed by atoms with Gasteiger partial charge in [-0.1, -0.05) is 13.8 Å². The highest BCUT2D eigenvalue weighted by molar-refractivity contribution is 7.80. The van der Waals surface area contributed by atoms with Gasteiger partial charge in [0, 0.05) is 19.1 Å². The van der Waals surface area contributed by atoms with Gasteiger partial charge in [-0.2, -0.15) is 12.6 Å². The van der Waals surface area contributed by atoms with E-state index in [9.17, 15) is 0 Å². The molecule has 1 rings (SSSR count). The zero-order chi connectivity index (χ0) is 11.4. The second-order valence-corrected chi connectivity index (χ2v) is 6.04. The van der Waals surface area contributed by atoms with Crippen LogP contribution in [-0.4, -0.2) is 29.8 Å². The Kier molecular flexibility index (Phi) is 5.48. The Morgan fingerprint density at radius 2 is 1.80 bits per heavy atom. The van der Waals surface area contributed by atoms with Crippen LogP contribution in [0.25, 0.3) is 0 Å². The van der Waals surface area contributed by atoms with E-state index in [2.05, 4.69) is 45.2 Å². The van der Waals surface area contributed by atoms with Gasteiger partial charge in [-0.25, -0.2) is 0 Å². The summed E-state index contributed by atoms with van der Waals surface area (Å²) in [7, 11) is 0. The van der Waals surface area contributed by atoms with Crippen LogP contribution in [0.5, 0.6) is 0 Å². The molecule has 1 unspecified atom stereocenters. The average Bonchev–Trinajstić information content (AvgIpc) is 2.94. The molecule has 1 saturated carbocycles. The normalized spacial score (nSPS) is 19.2. The maximum atomic E-state index is 4.48. The van der Waals surface area contributed by atoms with Crippen molar-refractivity contribution < 1.29 is 0 Å². The molecule has 0 aromatic rings. The molecule has 0 N–H and O–H groups in total.